The first kappa shape index (κ1) is 15.2. The van der Waals surface area contributed by atoms with Gasteiger partial charge in [0.15, 0.2) is 0 Å². The summed E-state index contributed by atoms with van der Waals surface area (Å²) in [5.74, 6) is 1.24. The maximum absolute atomic E-state index is 12.7. The van der Waals surface area contributed by atoms with Gasteiger partial charge in [-0.3, -0.25) is 4.79 Å². The van der Waals surface area contributed by atoms with E-state index in [0.29, 0.717) is 17.1 Å². The first-order valence-electron chi connectivity index (χ1n) is 6.88. The summed E-state index contributed by atoms with van der Waals surface area (Å²) in [5.41, 5.74) is 0.556. The highest BCUT2D eigenvalue weighted by Crippen LogP contribution is 2.34. The molecule has 2 rings (SSSR count). The molecule has 0 N–H and O–H groups in total. The lowest BCUT2D eigenvalue weighted by atomic mass is 10.1. The third-order valence-electron chi connectivity index (χ3n) is 3.58. The number of carbonyl (C=O) groups excluding carboxylic acids is 1. The van der Waals surface area contributed by atoms with Crippen molar-refractivity contribution in [1.82, 2.24) is 4.90 Å². The number of likely N-dealkylation sites (tertiary alicyclic amines) is 1. The SMILES string of the molecule is COc1cc(Br)c(OC)c(C(=O)N2CCCCCC2)c1. The number of nitrogens with zero attached hydrogens (tertiary/aromatic N) is 1. The van der Waals surface area contributed by atoms with Gasteiger partial charge in [0.1, 0.15) is 11.5 Å². The van der Waals surface area contributed by atoms with Gasteiger partial charge in [-0.2, -0.15) is 0 Å². The summed E-state index contributed by atoms with van der Waals surface area (Å²) in [4.78, 5) is 14.6. The molecule has 1 fully saturated rings. The second kappa shape index (κ2) is 6.97. The minimum absolute atomic E-state index is 0.0170. The van der Waals surface area contributed by atoms with E-state index in [0.717, 1.165) is 30.4 Å². The molecule has 1 amide bonds. The third-order valence-corrected chi connectivity index (χ3v) is 4.17. The molecule has 0 saturated carbocycles. The van der Waals surface area contributed by atoms with E-state index in [1.807, 2.05) is 4.90 Å². The lowest BCUT2D eigenvalue weighted by Gasteiger charge is -2.22. The van der Waals surface area contributed by atoms with Gasteiger partial charge in [-0.15, -0.1) is 0 Å². The van der Waals surface area contributed by atoms with Gasteiger partial charge in [0.05, 0.1) is 24.3 Å². The van der Waals surface area contributed by atoms with Crippen LogP contribution in [0.25, 0.3) is 0 Å². The Bertz CT molecular complexity index is 482. The summed E-state index contributed by atoms with van der Waals surface area (Å²) in [6, 6.07) is 3.55. The van der Waals surface area contributed by atoms with Crippen molar-refractivity contribution < 1.29 is 14.3 Å². The number of rotatable bonds is 3. The topological polar surface area (TPSA) is 38.8 Å². The van der Waals surface area contributed by atoms with Crippen molar-refractivity contribution in [2.45, 2.75) is 25.7 Å². The monoisotopic (exact) mass is 341 g/mol. The Morgan fingerprint density at radius 1 is 1.10 bits per heavy atom. The molecule has 0 unspecified atom stereocenters. The van der Waals surface area contributed by atoms with Gasteiger partial charge in [0.25, 0.3) is 5.91 Å². The zero-order chi connectivity index (χ0) is 14.5. The predicted molar refractivity (Wildman–Crippen MR) is 81.6 cm³/mol. The average Bonchev–Trinajstić information content (AvgIpc) is 2.74. The Morgan fingerprint density at radius 2 is 1.75 bits per heavy atom. The van der Waals surface area contributed by atoms with Gasteiger partial charge >= 0.3 is 0 Å². The van der Waals surface area contributed by atoms with Gasteiger partial charge in [-0.1, -0.05) is 12.8 Å². The minimum atomic E-state index is 0.0170. The van der Waals surface area contributed by atoms with Crippen LogP contribution in [0.15, 0.2) is 16.6 Å². The highest BCUT2D eigenvalue weighted by atomic mass is 79.9. The van der Waals surface area contributed by atoms with Crippen LogP contribution in [0.2, 0.25) is 0 Å². The smallest absolute Gasteiger partial charge is 0.257 e. The lowest BCUT2D eigenvalue weighted by Crippen LogP contribution is -2.32. The molecule has 110 valence electrons. The molecular formula is C15H20BrNO3. The molecule has 0 aromatic heterocycles. The van der Waals surface area contributed by atoms with Crippen molar-refractivity contribution in [3.8, 4) is 11.5 Å². The molecule has 1 aliphatic rings. The number of ether oxygens (including phenoxy) is 2. The second-order valence-corrected chi connectivity index (χ2v) is 5.75. The Labute approximate surface area is 128 Å². The van der Waals surface area contributed by atoms with Crippen LogP contribution in [0.1, 0.15) is 36.0 Å². The lowest BCUT2D eigenvalue weighted by molar-refractivity contribution is 0.0757. The number of amides is 1. The standard InChI is InChI=1S/C15H20BrNO3/c1-19-11-9-12(14(20-2)13(16)10-11)15(18)17-7-5-3-4-6-8-17/h9-10H,3-8H2,1-2H3. The summed E-state index contributed by atoms with van der Waals surface area (Å²) < 4.78 is 11.3. The van der Waals surface area contributed by atoms with Crippen LogP contribution in [-0.4, -0.2) is 38.1 Å². The van der Waals surface area contributed by atoms with E-state index in [1.54, 1.807) is 26.4 Å². The molecular weight excluding hydrogens is 322 g/mol. The molecule has 1 aliphatic heterocycles. The third kappa shape index (κ3) is 3.26. The second-order valence-electron chi connectivity index (χ2n) is 4.90. The van der Waals surface area contributed by atoms with Crippen LogP contribution in [0, 0.1) is 0 Å². The number of carbonyl (C=O) groups is 1. The summed E-state index contributed by atoms with van der Waals surface area (Å²) in [7, 11) is 3.17. The van der Waals surface area contributed by atoms with Crippen LogP contribution in [0.5, 0.6) is 11.5 Å². The van der Waals surface area contributed by atoms with Gasteiger partial charge in [0.2, 0.25) is 0 Å². The summed E-state index contributed by atoms with van der Waals surface area (Å²) >= 11 is 3.43. The fourth-order valence-electron chi connectivity index (χ4n) is 2.50. The molecule has 0 aliphatic carbocycles. The Morgan fingerprint density at radius 3 is 2.30 bits per heavy atom. The normalized spacial score (nSPS) is 15.7. The molecule has 5 heteroatoms. The van der Waals surface area contributed by atoms with Crippen molar-refractivity contribution in [2.75, 3.05) is 27.3 Å². The van der Waals surface area contributed by atoms with Crippen LogP contribution in [0.3, 0.4) is 0 Å². The van der Waals surface area contributed by atoms with E-state index in [-0.39, 0.29) is 5.91 Å². The van der Waals surface area contributed by atoms with E-state index >= 15 is 0 Å². The van der Waals surface area contributed by atoms with Crippen LogP contribution in [0.4, 0.5) is 0 Å². The summed E-state index contributed by atoms with van der Waals surface area (Å²) in [6.07, 6.45) is 4.53. The number of hydrogen-bond acceptors (Lipinski definition) is 3. The molecule has 1 aromatic rings. The molecule has 4 nitrogen and oxygen atoms in total. The first-order valence-corrected chi connectivity index (χ1v) is 7.67. The number of halogens is 1. The maximum atomic E-state index is 12.7. The average molecular weight is 342 g/mol. The number of benzene rings is 1. The molecule has 1 heterocycles. The van der Waals surface area contributed by atoms with Gasteiger partial charge in [0, 0.05) is 13.1 Å². The molecule has 20 heavy (non-hydrogen) atoms. The molecule has 0 spiro atoms. The highest BCUT2D eigenvalue weighted by molar-refractivity contribution is 9.10. The zero-order valence-electron chi connectivity index (χ0n) is 11.9. The van der Waals surface area contributed by atoms with E-state index in [1.165, 1.54) is 12.8 Å². The van der Waals surface area contributed by atoms with Crippen LogP contribution < -0.4 is 9.47 Å². The van der Waals surface area contributed by atoms with Gasteiger partial charge in [-0.05, 0) is 40.9 Å². The predicted octanol–water partition coefficient (Wildman–Crippen LogP) is 3.48. The van der Waals surface area contributed by atoms with Crippen molar-refractivity contribution in [2.24, 2.45) is 0 Å². The molecule has 0 radical (unpaired) electrons. The van der Waals surface area contributed by atoms with Crippen molar-refractivity contribution >= 4 is 21.8 Å². The van der Waals surface area contributed by atoms with Crippen LogP contribution in [-0.2, 0) is 0 Å². The fraction of sp³-hybridized carbons (Fsp3) is 0.533. The van der Waals surface area contributed by atoms with Gasteiger partial charge < -0.3 is 14.4 Å². The van der Waals surface area contributed by atoms with E-state index in [4.69, 9.17) is 9.47 Å². The van der Waals surface area contributed by atoms with Gasteiger partial charge in [-0.25, -0.2) is 0 Å². The van der Waals surface area contributed by atoms with E-state index in [9.17, 15) is 4.79 Å². The maximum Gasteiger partial charge on any atom is 0.257 e. The largest absolute Gasteiger partial charge is 0.497 e. The van der Waals surface area contributed by atoms with Crippen molar-refractivity contribution in [3.05, 3.63) is 22.2 Å². The Kier molecular flexibility index (Phi) is 5.29. The number of hydrogen-bond donors (Lipinski definition) is 0. The van der Waals surface area contributed by atoms with E-state index in [2.05, 4.69) is 15.9 Å². The molecule has 0 atom stereocenters. The zero-order valence-corrected chi connectivity index (χ0v) is 13.5. The van der Waals surface area contributed by atoms with E-state index < -0.39 is 0 Å². The first-order chi connectivity index (χ1) is 9.67. The van der Waals surface area contributed by atoms with Crippen LogP contribution >= 0.6 is 15.9 Å². The molecule has 0 bridgehead atoms. The quantitative estimate of drug-likeness (QED) is 0.844. The molecule has 1 aromatic carbocycles. The Hall–Kier alpha value is -1.23. The summed E-state index contributed by atoms with van der Waals surface area (Å²) in [6.45, 7) is 1.63. The molecule has 1 saturated heterocycles. The summed E-state index contributed by atoms with van der Waals surface area (Å²) in [5, 5.41) is 0. The van der Waals surface area contributed by atoms with Crippen molar-refractivity contribution in [3.63, 3.8) is 0 Å². The highest BCUT2D eigenvalue weighted by Gasteiger charge is 2.23. The Balaban J connectivity index is 2.33. The van der Waals surface area contributed by atoms with Crippen molar-refractivity contribution in [1.29, 1.82) is 0 Å². The fourth-order valence-corrected chi connectivity index (χ4v) is 3.10. The number of methoxy groups -OCH3 is 2. The minimum Gasteiger partial charge on any atom is -0.497 e.